The molecule has 1 aromatic rings. The monoisotopic (exact) mass is 275 g/mol. The van der Waals surface area contributed by atoms with E-state index >= 15 is 0 Å². The minimum Gasteiger partial charge on any atom is -0.352 e. The fourth-order valence-corrected chi connectivity index (χ4v) is 2.64. The number of nitrogens with two attached hydrogens (primary N) is 1. The van der Waals surface area contributed by atoms with Crippen molar-refractivity contribution in [1.29, 1.82) is 0 Å². The number of hydrogen-bond donors (Lipinski definition) is 2. The number of carbonyl (C=O) groups is 1. The van der Waals surface area contributed by atoms with E-state index < -0.39 is 6.04 Å². The van der Waals surface area contributed by atoms with Crippen LogP contribution >= 0.6 is 0 Å². The van der Waals surface area contributed by atoms with Crippen LogP contribution in [0.1, 0.15) is 36.9 Å². The second-order valence-corrected chi connectivity index (χ2v) is 5.95. The highest BCUT2D eigenvalue weighted by atomic mass is 16.2. The smallest absolute Gasteiger partial charge is 0.241 e. The van der Waals surface area contributed by atoms with Gasteiger partial charge in [-0.25, -0.2) is 0 Å². The lowest BCUT2D eigenvalue weighted by atomic mass is 9.98. The van der Waals surface area contributed by atoms with Gasteiger partial charge in [-0.2, -0.15) is 0 Å². The molecule has 1 amide bonds. The first kappa shape index (κ1) is 15.0. The lowest BCUT2D eigenvalue weighted by Crippen LogP contribution is -2.49. The first-order chi connectivity index (χ1) is 9.47. The van der Waals surface area contributed by atoms with E-state index in [0.717, 1.165) is 24.9 Å². The fraction of sp³-hybridized carbons (Fsp3) is 0.562. The predicted molar refractivity (Wildman–Crippen MR) is 81.4 cm³/mol. The molecule has 110 valence electrons. The average Bonchev–Trinajstić information content (AvgIpc) is 2.43. The Hall–Kier alpha value is -1.39. The van der Waals surface area contributed by atoms with E-state index in [1.54, 1.807) is 0 Å². The minimum atomic E-state index is -0.578. The lowest BCUT2D eigenvalue weighted by Gasteiger charge is -2.35. The maximum absolute atomic E-state index is 12.2. The molecule has 3 atom stereocenters. The van der Waals surface area contributed by atoms with Gasteiger partial charge in [0.1, 0.15) is 6.04 Å². The van der Waals surface area contributed by atoms with E-state index in [0.29, 0.717) is 6.04 Å². The van der Waals surface area contributed by atoms with Crippen LogP contribution in [0.2, 0.25) is 0 Å². The second-order valence-electron chi connectivity index (χ2n) is 5.95. The Morgan fingerprint density at radius 1 is 1.40 bits per heavy atom. The van der Waals surface area contributed by atoms with Crippen molar-refractivity contribution in [2.75, 3.05) is 13.6 Å². The number of amides is 1. The molecule has 2 rings (SSSR count). The summed E-state index contributed by atoms with van der Waals surface area (Å²) >= 11 is 0. The zero-order chi connectivity index (χ0) is 14.7. The SMILES string of the molecule is Cc1ccc(C(N)C(=O)NC2CCN(C)C(C)C2)cc1. The number of benzene rings is 1. The van der Waals surface area contributed by atoms with Crippen LogP contribution in [0.3, 0.4) is 0 Å². The molecule has 1 aliphatic heterocycles. The molecule has 3 N–H and O–H groups in total. The fourth-order valence-electron chi connectivity index (χ4n) is 2.64. The number of carbonyl (C=O) groups excluding carboxylic acids is 1. The van der Waals surface area contributed by atoms with Crippen molar-refractivity contribution >= 4 is 5.91 Å². The molecule has 20 heavy (non-hydrogen) atoms. The number of piperidine rings is 1. The standard InChI is InChI=1S/C16H25N3O/c1-11-4-6-13(7-5-11)15(17)16(20)18-14-8-9-19(3)12(2)10-14/h4-7,12,14-15H,8-10,17H2,1-3H3,(H,18,20). The molecule has 0 saturated carbocycles. The van der Waals surface area contributed by atoms with E-state index in [-0.39, 0.29) is 11.9 Å². The number of hydrogen-bond acceptors (Lipinski definition) is 3. The van der Waals surface area contributed by atoms with E-state index in [1.807, 2.05) is 31.2 Å². The highest BCUT2D eigenvalue weighted by molar-refractivity contribution is 5.83. The summed E-state index contributed by atoms with van der Waals surface area (Å²) in [6.07, 6.45) is 1.98. The van der Waals surface area contributed by atoms with Gasteiger partial charge in [-0.15, -0.1) is 0 Å². The molecule has 0 aromatic heterocycles. The molecule has 3 unspecified atom stereocenters. The second kappa shape index (κ2) is 6.37. The molecule has 0 bridgehead atoms. The van der Waals surface area contributed by atoms with Crippen molar-refractivity contribution in [3.63, 3.8) is 0 Å². The van der Waals surface area contributed by atoms with Crippen molar-refractivity contribution in [3.8, 4) is 0 Å². The lowest BCUT2D eigenvalue weighted by molar-refractivity contribution is -0.123. The summed E-state index contributed by atoms with van der Waals surface area (Å²) in [5, 5.41) is 3.09. The molecule has 0 spiro atoms. The third-order valence-corrected chi connectivity index (χ3v) is 4.27. The van der Waals surface area contributed by atoms with Crippen molar-refractivity contribution < 1.29 is 4.79 Å². The Labute approximate surface area is 121 Å². The molecule has 1 aliphatic rings. The summed E-state index contributed by atoms with van der Waals surface area (Å²) in [6, 6.07) is 7.99. The Balaban J connectivity index is 1.93. The van der Waals surface area contributed by atoms with E-state index in [1.165, 1.54) is 5.56 Å². The zero-order valence-corrected chi connectivity index (χ0v) is 12.6. The van der Waals surface area contributed by atoms with Crippen LogP contribution in [0.25, 0.3) is 0 Å². The Bertz CT molecular complexity index is 457. The minimum absolute atomic E-state index is 0.0735. The van der Waals surface area contributed by atoms with E-state index in [2.05, 4.69) is 24.2 Å². The van der Waals surface area contributed by atoms with Gasteiger partial charge in [0.25, 0.3) is 0 Å². The maximum Gasteiger partial charge on any atom is 0.241 e. The number of likely N-dealkylation sites (tertiary alicyclic amines) is 1. The van der Waals surface area contributed by atoms with Gasteiger partial charge in [0.15, 0.2) is 0 Å². The van der Waals surface area contributed by atoms with Gasteiger partial charge in [0.05, 0.1) is 0 Å². The number of nitrogens with one attached hydrogen (secondary N) is 1. The molecule has 0 aliphatic carbocycles. The molecule has 1 saturated heterocycles. The van der Waals surface area contributed by atoms with Crippen LogP contribution in [-0.4, -0.2) is 36.5 Å². The highest BCUT2D eigenvalue weighted by Crippen LogP contribution is 2.17. The summed E-state index contributed by atoms with van der Waals surface area (Å²) in [6.45, 7) is 5.24. The first-order valence-corrected chi connectivity index (χ1v) is 7.30. The summed E-state index contributed by atoms with van der Waals surface area (Å²) in [7, 11) is 2.13. The summed E-state index contributed by atoms with van der Waals surface area (Å²) in [5.74, 6) is -0.0735. The maximum atomic E-state index is 12.2. The van der Waals surface area contributed by atoms with Crippen LogP contribution in [-0.2, 0) is 4.79 Å². The Morgan fingerprint density at radius 3 is 2.65 bits per heavy atom. The predicted octanol–water partition coefficient (Wildman–Crippen LogP) is 1.59. The van der Waals surface area contributed by atoms with Crippen molar-refractivity contribution in [1.82, 2.24) is 10.2 Å². The third-order valence-electron chi connectivity index (χ3n) is 4.27. The summed E-state index contributed by atoms with van der Waals surface area (Å²) in [5.41, 5.74) is 8.09. The molecule has 1 fully saturated rings. The molecular formula is C16H25N3O. The van der Waals surface area contributed by atoms with Crippen LogP contribution in [0.4, 0.5) is 0 Å². The Morgan fingerprint density at radius 2 is 2.05 bits per heavy atom. The van der Waals surface area contributed by atoms with Crippen LogP contribution in [0.15, 0.2) is 24.3 Å². The zero-order valence-electron chi connectivity index (χ0n) is 12.6. The van der Waals surface area contributed by atoms with Crippen molar-refractivity contribution in [2.24, 2.45) is 5.73 Å². The van der Waals surface area contributed by atoms with Gasteiger partial charge >= 0.3 is 0 Å². The summed E-state index contributed by atoms with van der Waals surface area (Å²) < 4.78 is 0. The number of rotatable bonds is 3. The van der Waals surface area contributed by atoms with Crippen LogP contribution in [0, 0.1) is 6.92 Å². The topological polar surface area (TPSA) is 58.4 Å². The molecular weight excluding hydrogens is 250 g/mol. The molecule has 0 radical (unpaired) electrons. The van der Waals surface area contributed by atoms with Crippen LogP contribution < -0.4 is 11.1 Å². The molecule has 4 nitrogen and oxygen atoms in total. The summed E-state index contributed by atoms with van der Waals surface area (Å²) in [4.78, 5) is 14.6. The average molecular weight is 275 g/mol. The van der Waals surface area contributed by atoms with Gasteiger partial charge < -0.3 is 16.0 Å². The highest BCUT2D eigenvalue weighted by Gasteiger charge is 2.26. The van der Waals surface area contributed by atoms with Gasteiger partial charge in [-0.05, 0) is 39.3 Å². The van der Waals surface area contributed by atoms with Gasteiger partial charge in [0, 0.05) is 18.6 Å². The van der Waals surface area contributed by atoms with Gasteiger partial charge in [0.2, 0.25) is 5.91 Å². The Kier molecular flexibility index (Phi) is 4.78. The molecule has 4 heteroatoms. The van der Waals surface area contributed by atoms with Gasteiger partial charge in [-0.1, -0.05) is 29.8 Å². The first-order valence-electron chi connectivity index (χ1n) is 7.30. The van der Waals surface area contributed by atoms with Gasteiger partial charge in [-0.3, -0.25) is 4.79 Å². The van der Waals surface area contributed by atoms with E-state index in [4.69, 9.17) is 5.73 Å². The number of nitrogens with zero attached hydrogens (tertiary/aromatic N) is 1. The molecule has 1 aromatic carbocycles. The van der Waals surface area contributed by atoms with Crippen molar-refractivity contribution in [3.05, 3.63) is 35.4 Å². The van der Waals surface area contributed by atoms with E-state index in [9.17, 15) is 4.79 Å². The number of aryl methyl sites for hydroxylation is 1. The van der Waals surface area contributed by atoms with Crippen molar-refractivity contribution in [2.45, 2.75) is 44.8 Å². The third kappa shape index (κ3) is 3.58. The normalized spacial score (nSPS) is 25.2. The quantitative estimate of drug-likeness (QED) is 0.881. The largest absolute Gasteiger partial charge is 0.352 e. The van der Waals surface area contributed by atoms with Crippen LogP contribution in [0.5, 0.6) is 0 Å². The molecule has 1 heterocycles.